The lowest BCUT2D eigenvalue weighted by molar-refractivity contribution is 0.344. The van der Waals surface area contributed by atoms with E-state index in [4.69, 9.17) is 4.74 Å². The summed E-state index contributed by atoms with van der Waals surface area (Å²) >= 11 is 1.90. The Balaban J connectivity index is 2.77. The molecule has 13 heavy (non-hydrogen) atoms. The van der Waals surface area contributed by atoms with E-state index >= 15 is 0 Å². The SMILES string of the molecule is C/C=C/COc1nc[nH]c(=O)c1I. The third-order valence-corrected chi connectivity index (χ3v) is 2.27. The predicted octanol–water partition coefficient (Wildman–Crippen LogP) is 1.33. The van der Waals surface area contributed by atoms with Crippen LogP contribution >= 0.6 is 22.6 Å². The van der Waals surface area contributed by atoms with Crippen molar-refractivity contribution < 1.29 is 4.74 Å². The van der Waals surface area contributed by atoms with Gasteiger partial charge in [0.05, 0.1) is 6.33 Å². The van der Waals surface area contributed by atoms with Gasteiger partial charge in [0.25, 0.3) is 5.56 Å². The molecule has 70 valence electrons. The van der Waals surface area contributed by atoms with Crippen LogP contribution in [0.1, 0.15) is 6.92 Å². The number of H-pyrrole nitrogens is 1. The highest BCUT2D eigenvalue weighted by molar-refractivity contribution is 14.1. The number of allylic oxidation sites excluding steroid dienone is 1. The molecule has 0 radical (unpaired) electrons. The van der Waals surface area contributed by atoms with Crippen molar-refractivity contribution >= 4 is 22.6 Å². The number of rotatable bonds is 3. The molecule has 0 atom stereocenters. The standard InChI is InChI=1S/C8H9IN2O2/c1-2-3-4-13-8-6(9)7(12)10-5-11-8/h2-3,5H,4H2,1H3,(H,10,11,12)/b3-2+. The van der Waals surface area contributed by atoms with Crippen LogP contribution in [0.15, 0.2) is 23.3 Å². The molecule has 0 aliphatic carbocycles. The molecule has 1 rings (SSSR count). The molecular formula is C8H9IN2O2. The summed E-state index contributed by atoms with van der Waals surface area (Å²) < 4.78 is 5.71. The van der Waals surface area contributed by atoms with Crippen LogP contribution in [-0.4, -0.2) is 16.6 Å². The monoisotopic (exact) mass is 292 g/mol. The molecule has 0 amide bonds. The maximum atomic E-state index is 11.1. The zero-order valence-corrected chi connectivity index (χ0v) is 9.24. The normalized spacial score (nSPS) is 10.6. The fourth-order valence-corrected chi connectivity index (χ4v) is 1.14. The van der Waals surface area contributed by atoms with Crippen molar-refractivity contribution in [3.05, 3.63) is 32.4 Å². The Morgan fingerprint density at radius 3 is 3.23 bits per heavy atom. The van der Waals surface area contributed by atoms with Gasteiger partial charge in [-0.1, -0.05) is 12.2 Å². The third kappa shape index (κ3) is 2.83. The fraction of sp³-hybridized carbons (Fsp3) is 0.250. The van der Waals surface area contributed by atoms with Gasteiger partial charge in [-0.25, -0.2) is 4.98 Å². The number of aromatic amines is 1. The van der Waals surface area contributed by atoms with Crippen molar-refractivity contribution in [2.45, 2.75) is 6.92 Å². The maximum Gasteiger partial charge on any atom is 0.268 e. The lowest BCUT2D eigenvalue weighted by Crippen LogP contribution is -2.12. The average Bonchev–Trinajstić information content (AvgIpc) is 2.13. The van der Waals surface area contributed by atoms with Gasteiger partial charge in [0.15, 0.2) is 0 Å². The van der Waals surface area contributed by atoms with Crippen LogP contribution < -0.4 is 10.3 Å². The highest BCUT2D eigenvalue weighted by Crippen LogP contribution is 2.11. The molecule has 0 unspecified atom stereocenters. The summed E-state index contributed by atoms with van der Waals surface area (Å²) in [6, 6.07) is 0. The molecule has 0 spiro atoms. The summed E-state index contributed by atoms with van der Waals surface area (Å²) in [5, 5.41) is 0. The molecule has 0 aliphatic heterocycles. The second-order valence-corrected chi connectivity index (χ2v) is 3.31. The minimum atomic E-state index is -0.175. The first-order valence-electron chi connectivity index (χ1n) is 3.73. The minimum absolute atomic E-state index is 0.175. The summed E-state index contributed by atoms with van der Waals surface area (Å²) in [6.07, 6.45) is 5.05. The summed E-state index contributed by atoms with van der Waals surface area (Å²) in [6.45, 7) is 2.34. The van der Waals surface area contributed by atoms with Crippen molar-refractivity contribution in [3.8, 4) is 5.88 Å². The summed E-state index contributed by atoms with van der Waals surface area (Å²) in [4.78, 5) is 17.4. The molecule has 0 bridgehead atoms. The fourth-order valence-electron chi connectivity index (χ4n) is 0.691. The number of hydrogen-bond acceptors (Lipinski definition) is 3. The van der Waals surface area contributed by atoms with Crippen molar-refractivity contribution in [2.24, 2.45) is 0 Å². The van der Waals surface area contributed by atoms with Crippen LogP contribution in [0.2, 0.25) is 0 Å². The molecule has 0 fully saturated rings. The van der Waals surface area contributed by atoms with Gasteiger partial charge in [0.1, 0.15) is 10.2 Å². The lowest BCUT2D eigenvalue weighted by Gasteiger charge is -2.01. The van der Waals surface area contributed by atoms with E-state index in [1.165, 1.54) is 6.33 Å². The zero-order valence-electron chi connectivity index (χ0n) is 7.08. The van der Waals surface area contributed by atoms with Crippen molar-refractivity contribution in [3.63, 3.8) is 0 Å². The molecule has 0 saturated heterocycles. The number of aromatic nitrogens is 2. The lowest BCUT2D eigenvalue weighted by atomic mass is 10.5. The van der Waals surface area contributed by atoms with Crippen molar-refractivity contribution in [1.29, 1.82) is 0 Å². The molecule has 0 aromatic carbocycles. The van der Waals surface area contributed by atoms with Crippen LogP contribution in [0.5, 0.6) is 5.88 Å². The molecule has 1 heterocycles. The average molecular weight is 292 g/mol. The molecule has 0 aliphatic rings. The molecule has 1 N–H and O–H groups in total. The van der Waals surface area contributed by atoms with Crippen molar-refractivity contribution in [2.75, 3.05) is 6.61 Å². The first-order chi connectivity index (χ1) is 6.25. The van der Waals surface area contributed by atoms with Gasteiger partial charge < -0.3 is 9.72 Å². The van der Waals surface area contributed by atoms with Crippen LogP contribution in [0.3, 0.4) is 0 Å². The summed E-state index contributed by atoms with van der Waals surface area (Å²) in [5.41, 5.74) is -0.175. The number of halogens is 1. The topological polar surface area (TPSA) is 55.0 Å². The highest BCUT2D eigenvalue weighted by atomic mass is 127. The van der Waals surface area contributed by atoms with Crippen LogP contribution in [-0.2, 0) is 0 Å². The van der Waals surface area contributed by atoms with E-state index in [0.29, 0.717) is 16.1 Å². The number of ether oxygens (including phenoxy) is 1. The Labute approximate surface area is 89.2 Å². The van der Waals surface area contributed by atoms with Gasteiger partial charge in [-0.05, 0) is 29.5 Å². The quantitative estimate of drug-likeness (QED) is 0.675. The van der Waals surface area contributed by atoms with E-state index in [-0.39, 0.29) is 5.56 Å². The number of nitrogens with one attached hydrogen (secondary N) is 1. The van der Waals surface area contributed by atoms with Gasteiger partial charge >= 0.3 is 0 Å². The number of nitrogens with zero attached hydrogens (tertiary/aromatic N) is 1. The van der Waals surface area contributed by atoms with Crippen LogP contribution in [0.25, 0.3) is 0 Å². The van der Waals surface area contributed by atoms with E-state index < -0.39 is 0 Å². The van der Waals surface area contributed by atoms with E-state index in [9.17, 15) is 4.79 Å². The molecule has 4 nitrogen and oxygen atoms in total. The molecule has 5 heteroatoms. The van der Waals surface area contributed by atoms with E-state index in [0.717, 1.165) is 0 Å². The minimum Gasteiger partial charge on any atom is -0.473 e. The molecule has 1 aromatic heterocycles. The first-order valence-corrected chi connectivity index (χ1v) is 4.80. The summed E-state index contributed by atoms with van der Waals surface area (Å²) in [5.74, 6) is 0.377. The largest absolute Gasteiger partial charge is 0.473 e. The Morgan fingerprint density at radius 2 is 2.54 bits per heavy atom. The highest BCUT2D eigenvalue weighted by Gasteiger charge is 2.04. The molecular weight excluding hydrogens is 283 g/mol. The van der Waals surface area contributed by atoms with Gasteiger partial charge in [-0.15, -0.1) is 0 Å². The Bertz CT molecular complexity index is 359. The second-order valence-electron chi connectivity index (χ2n) is 2.23. The van der Waals surface area contributed by atoms with Gasteiger partial charge in [0, 0.05) is 0 Å². The Morgan fingerprint density at radius 1 is 1.77 bits per heavy atom. The van der Waals surface area contributed by atoms with Crippen LogP contribution in [0.4, 0.5) is 0 Å². The van der Waals surface area contributed by atoms with Crippen molar-refractivity contribution in [1.82, 2.24) is 9.97 Å². The van der Waals surface area contributed by atoms with E-state index in [1.54, 1.807) is 0 Å². The molecule has 1 aromatic rings. The Kier molecular flexibility index (Phi) is 3.94. The zero-order chi connectivity index (χ0) is 9.68. The predicted molar refractivity (Wildman–Crippen MR) is 57.9 cm³/mol. The third-order valence-electron chi connectivity index (χ3n) is 1.32. The maximum absolute atomic E-state index is 11.1. The van der Waals surface area contributed by atoms with Gasteiger partial charge in [-0.3, -0.25) is 4.79 Å². The van der Waals surface area contributed by atoms with E-state index in [2.05, 4.69) is 9.97 Å². The van der Waals surface area contributed by atoms with E-state index in [1.807, 2.05) is 41.7 Å². The first kappa shape index (κ1) is 10.2. The van der Waals surface area contributed by atoms with Gasteiger partial charge in [-0.2, -0.15) is 0 Å². The summed E-state index contributed by atoms with van der Waals surface area (Å²) in [7, 11) is 0. The second kappa shape index (κ2) is 5.00. The molecule has 0 saturated carbocycles. The Hall–Kier alpha value is -0.850. The smallest absolute Gasteiger partial charge is 0.268 e. The number of hydrogen-bond donors (Lipinski definition) is 1. The van der Waals surface area contributed by atoms with Gasteiger partial charge in [0.2, 0.25) is 5.88 Å². The van der Waals surface area contributed by atoms with Crippen LogP contribution in [0, 0.1) is 3.57 Å².